The molecule has 4 aromatic carbocycles. The van der Waals surface area contributed by atoms with Crippen LogP contribution in [-0.2, 0) is 24.4 Å². The minimum atomic E-state index is -0.283. The van der Waals surface area contributed by atoms with Crippen LogP contribution in [0.4, 0.5) is 8.78 Å². The van der Waals surface area contributed by atoms with Crippen molar-refractivity contribution in [2.75, 3.05) is 32.8 Å². The van der Waals surface area contributed by atoms with Crippen molar-refractivity contribution in [1.29, 1.82) is 0 Å². The summed E-state index contributed by atoms with van der Waals surface area (Å²) in [6, 6.07) is 26.6. The number of aryl methyl sites for hydroxylation is 3. The monoisotopic (exact) mass is 703 g/mol. The molecular weight excluding hydrogens is 660 g/mol. The lowest BCUT2D eigenvalue weighted by Crippen LogP contribution is -2.45. The van der Waals surface area contributed by atoms with Crippen molar-refractivity contribution in [3.8, 4) is 23.1 Å². The van der Waals surface area contributed by atoms with Crippen molar-refractivity contribution in [2.24, 2.45) is 0 Å². The molecule has 5 aromatic rings. The fourth-order valence-electron chi connectivity index (χ4n) is 6.42. The van der Waals surface area contributed by atoms with E-state index in [1.165, 1.54) is 41.0 Å². The Morgan fingerprint density at radius 2 is 1.40 bits per heavy atom. The van der Waals surface area contributed by atoms with Gasteiger partial charge in [0.25, 0.3) is 0 Å². The van der Waals surface area contributed by atoms with Crippen LogP contribution in [0.2, 0.25) is 0 Å². The summed E-state index contributed by atoms with van der Waals surface area (Å²) in [5.41, 5.74) is 8.33. The van der Waals surface area contributed by atoms with Gasteiger partial charge in [0.1, 0.15) is 41.8 Å². The van der Waals surface area contributed by atoms with E-state index in [4.69, 9.17) is 14.2 Å². The van der Waals surface area contributed by atoms with E-state index < -0.39 is 0 Å². The van der Waals surface area contributed by atoms with E-state index in [0.29, 0.717) is 36.3 Å². The van der Waals surface area contributed by atoms with Gasteiger partial charge in [-0.05, 0) is 114 Å². The molecule has 268 valence electrons. The fourth-order valence-corrected chi connectivity index (χ4v) is 6.42. The van der Waals surface area contributed by atoms with E-state index in [9.17, 15) is 13.6 Å². The maximum atomic E-state index is 13.2. The van der Waals surface area contributed by atoms with Crippen LogP contribution in [-0.4, -0.2) is 53.9 Å². The summed E-state index contributed by atoms with van der Waals surface area (Å²) < 4.78 is 44.1. The van der Waals surface area contributed by atoms with Crippen molar-refractivity contribution in [3.05, 3.63) is 154 Å². The first kappa shape index (κ1) is 36.3. The maximum Gasteiger partial charge on any atom is 0.219 e. The van der Waals surface area contributed by atoms with Gasteiger partial charge in [-0.15, -0.1) is 0 Å². The molecule has 0 saturated carbocycles. The van der Waals surface area contributed by atoms with E-state index >= 15 is 0 Å². The maximum absolute atomic E-state index is 13.2. The van der Waals surface area contributed by atoms with E-state index in [1.807, 2.05) is 13.8 Å². The van der Waals surface area contributed by atoms with Gasteiger partial charge in [0.15, 0.2) is 0 Å². The van der Waals surface area contributed by atoms with Gasteiger partial charge in [-0.3, -0.25) is 9.69 Å². The largest absolute Gasteiger partial charge is 0.493 e. The molecule has 7 nitrogen and oxygen atoms in total. The van der Waals surface area contributed by atoms with Crippen molar-refractivity contribution in [2.45, 2.75) is 40.3 Å². The number of halogens is 2. The van der Waals surface area contributed by atoms with Crippen LogP contribution >= 0.6 is 0 Å². The molecule has 0 N–H and O–H groups in total. The van der Waals surface area contributed by atoms with E-state index in [2.05, 4.69) is 52.0 Å². The van der Waals surface area contributed by atoms with Crippen LogP contribution in [0.25, 0.3) is 5.70 Å². The highest BCUT2D eigenvalue weighted by Crippen LogP contribution is 2.33. The zero-order chi connectivity index (χ0) is 36.5. The molecule has 1 aliphatic heterocycles. The molecular formula is C43H43F2N3O4. The summed E-state index contributed by atoms with van der Waals surface area (Å²) in [6.45, 7) is 11.2. The van der Waals surface area contributed by atoms with Gasteiger partial charge in [0.05, 0.1) is 12.8 Å². The molecule has 6 rings (SSSR count). The van der Waals surface area contributed by atoms with Crippen molar-refractivity contribution in [3.63, 3.8) is 0 Å². The number of aldehydes is 1. The van der Waals surface area contributed by atoms with Gasteiger partial charge in [0.2, 0.25) is 5.88 Å². The minimum Gasteiger partial charge on any atom is -0.493 e. The van der Waals surface area contributed by atoms with Crippen molar-refractivity contribution >= 4 is 12.0 Å². The Hall–Kier alpha value is -5.54. The first-order valence-corrected chi connectivity index (χ1v) is 17.5. The zero-order valence-corrected chi connectivity index (χ0v) is 29.8. The summed E-state index contributed by atoms with van der Waals surface area (Å²) in [6.07, 6.45) is 4.89. The summed E-state index contributed by atoms with van der Waals surface area (Å²) in [5, 5.41) is 0. The van der Waals surface area contributed by atoms with E-state index in [0.717, 1.165) is 73.4 Å². The highest BCUT2D eigenvalue weighted by molar-refractivity contribution is 5.81. The molecule has 0 amide bonds. The lowest BCUT2D eigenvalue weighted by molar-refractivity contribution is -0.104. The number of allylic oxidation sites excluding steroid dienone is 1. The number of aromatic nitrogens is 1. The number of carbonyl (C=O) groups is 1. The predicted molar refractivity (Wildman–Crippen MR) is 199 cm³/mol. The summed E-state index contributed by atoms with van der Waals surface area (Å²) in [5.74, 6) is 1.85. The highest BCUT2D eigenvalue weighted by Gasteiger charge is 2.21. The Morgan fingerprint density at radius 3 is 2.04 bits per heavy atom. The summed E-state index contributed by atoms with van der Waals surface area (Å²) >= 11 is 0. The molecule has 0 atom stereocenters. The van der Waals surface area contributed by atoms with Gasteiger partial charge < -0.3 is 19.1 Å². The second kappa shape index (κ2) is 17.1. The number of nitrogens with zero attached hydrogens (tertiary/aromatic N) is 3. The van der Waals surface area contributed by atoms with Crippen molar-refractivity contribution in [1.82, 2.24) is 14.8 Å². The average molecular weight is 704 g/mol. The third kappa shape index (κ3) is 9.61. The number of carbonyl (C=O) groups excluding carboxylic acids is 1. The van der Waals surface area contributed by atoms with Crippen molar-refractivity contribution < 1.29 is 27.8 Å². The Morgan fingerprint density at radius 1 is 0.750 bits per heavy atom. The molecule has 0 bridgehead atoms. The van der Waals surface area contributed by atoms with Gasteiger partial charge in [-0.2, -0.15) is 0 Å². The lowest BCUT2D eigenvalue weighted by Gasteiger charge is -2.37. The Kier molecular flexibility index (Phi) is 11.9. The standard InChI is InChI=1S/C43H43F2N3O4/c1-30-24-34(4-7-35(30)17-23-50-39-12-10-38(45)11-13-39)28-47-18-20-48(21-19-47)41(16-22-49)36-25-31(2)43(32(3)26-36)52-42-15-14-40(27-46-42)51-29-33-5-8-37(44)9-6-33/h4-16,22,24-27H,17-21,23,28-29H2,1-3H3/b41-16+. The number of ether oxygens (including phenoxy) is 3. The summed E-state index contributed by atoms with van der Waals surface area (Å²) in [7, 11) is 0. The van der Waals surface area contributed by atoms with Gasteiger partial charge in [0, 0.05) is 57.0 Å². The zero-order valence-electron chi connectivity index (χ0n) is 29.8. The molecule has 1 fully saturated rings. The minimum absolute atomic E-state index is 0.272. The number of pyridine rings is 1. The number of hydrogen-bond acceptors (Lipinski definition) is 7. The topological polar surface area (TPSA) is 64.1 Å². The molecule has 2 heterocycles. The van der Waals surface area contributed by atoms with Crippen LogP contribution in [0, 0.1) is 32.4 Å². The Labute approximate surface area is 304 Å². The highest BCUT2D eigenvalue weighted by atomic mass is 19.1. The predicted octanol–water partition coefficient (Wildman–Crippen LogP) is 8.64. The number of benzene rings is 4. The molecule has 1 aromatic heterocycles. The summed E-state index contributed by atoms with van der Waals surface area (Å²) in [4.78, 5) is 20.9. The molecule has 9 heteroatoms. The SMILES string of the molecule is Cc1cc(CN2CCN(/C(=C/C=O)c3cc(C)c(Oc4ccc(OCc5ccc(F)cc5)cn4)c(C)c3)CC2)ccc1CCOc1ccc(F)cc1. The molecule has 52 heavy (non-hydrogen) atoms. The van der Waals surface area contributed by atoms with Crippen LogP contribution in [0.3, 0.4) is 0 Å². The van der Waals surface area contributed by atoms with E-state index in [-0.39, 0.29) is 11.6 Å². The van der Waals surface area contributed by atoms with E-state index in [1.54, 1.807) is 48.7 Å². The molecule has 0 spiro atoms. The molecule has 0 radical (unpaired) electrons. The molecule has 1 aliphatic rings. The molecule has 0 aliphatic carbocycles. The molecule has 0 unspecified atom stereocenters. The Balaban J connectivity index is 1.01. The fraction of sp³-hybridized carbons (Fsp3) is 0.256. The van der Waals surface area contributed by atoms with Crippen LogP contribution in [0.1, 0.15) is 38.9 Å². The smallest absolute Gasteiger partial charge is 0.219 e. The third-order valence-corrected chi connectivity index (χ3v) is 9.20. The first-order valence-electron chi connectivity index (χ1n) is 17.5. The normalized spacial score (nSPS) is 13.6. The number of hydrogen-bond donors (Lipinski definition) is 0. The van der Waals surface area contributed by atoms with Gasteiger partial charge in [-0.25, -0.2) is 13.8 Å². The quantitative estimate of drug-likeness (QED) is 0.0848. The second-order valence-corrected chi connectivity index (χ2v) is 13.1. The van der Waals surface area contributed by atoms with Gasteiger partial charge >= 0.3 is 0 Å². The third-order valence-electron chi connectivity index (χ3n) is 9.20. The first-order chi connectivity index (χ1) is 25.2. The lowest BCUT2D eigenvalue weighted by atomic mass is 10.0. The van der Waals surface area contributed by atoms with Crippen LogP contribution in [0.15, 0.2) is 103 Å². The number of piperazine rings is 1. The van der Waals surface area contributed by atoms with Gasteiger partial charge in [-0.1, -0.05) is 30.3 Å². The van der Waals surface area contributed by atoms with Crippen LogP contribution < -0.4 is 14.2 Å². The average Bonchev–Trinajstić information content (AvgIpc) is 3.14. The number of rotatable bonds is 14. The van der Waals surface area contributed by atoms with Crippen LogP contribution in [0.5, 0.6) is 23.1 Å². The second-order valence-electron chi connectivity index (χ2n) is 13.1. The molecule has 1 saturated heterocycles. The Bertz CT molecular complexity index is 1970.